The predicted molar refractivity (Wildman–Crippen MR) is 85.8 cm³/mol. The number of oxime groups is 1. The van der Waals surface area contributed by atoms with Gasteiger partial charge in [0.25, 0.3) is 0 Å². The highest BCUT2D eigenvalue weighted by molar-refractivity contribution is 7.14. The van der Waals surface area contributed by atoms with Gasteiger partial charge in [-0.25, -0.2) is 4.79 Å². The highest BCUT2D eigenvalue weighted by atomic mass is 32.1. The normalized spacial score (nSPS) is 16.8. The molecule has 22 heavy (non-hydrogen) atoms. The van der Waals surface area contributed by atoms with Gasteiger partial charge in [0.15, 0.2) is 0 Å². The monoisotopic (exact) mass is 326 g/mol. The van der Waals surface area contributed by atoms with Gasteiger partial charge >= 0.3 is 6.09 Å². The van der Waals surface area contributed by atoms with E-state index < -0.39 is 6.09 Å². The Bertz CT molecular complexity index is 521. The van der Waals surface area contributed by atoms with Crippen LogP contribution in [0.25, 0.3) is 0 Å². The van der Waals surface area contributed by atoms with Crippen LogP contribution in [0.4, 0.5) is 4.79 Å². The number of hydrogen-bond acceptors (Lipinski definition) is 5. The van der Waals surface area contributed by atoms with E-state index in [1.165, 1.54) is 9.78 Å². The first-order valence-electron chi connectivity index (χ1n) is 7.39. The number of rotatable bonds is 6. The van der Waals surface area contributed by atoms with Crippen LogP contribution >= 0.6 is 11.3 Å². The van der Waals surface area contributed by atoms with Crippen molar-refractivity contribution in [1.82, 2.24) is 4.90 Å². The van der Waals surface area contributed by atoms with E-state index in [1.54, 1.807) is 11.3 Å². The topological polar surface area (TPSA) is 71.4 Å². The van der Waals surface area contributed by atoms with Crippen molar-refractivity contribution >= 4 is 23.1 Å². The number of aryl methyl sites for hydroxylation is 1. The summed E-state index contributed by atoms with van der Waals surface area (Å²) >= 11 is 1.69. The average molecular weight is 326 g/mol. The van der Waals surface area contributed by atoms with E-state index in [1.807, 2.05) is 13.0 Å². The molecule has 1 aromatic rings. The fourth-order valence-electron chi connectivity index (χ4n) is 2.28. The quantitative estimate of drug-likeness (QED) is 0.495. The highest BCUT2D eigenvalue weighted by Crippen LogP contribution is 2.16. The Morgan fingerprint density at radius 3 is 2.73 bits per heavy atom. The standard InChI is InChI=1S/C15H22N2O4S/c1-11-3-4-14(22-11)12(2)16-21-10-9-20-13-5-7-17(8-6-13)15(18)19/h3-4,13H,5-10H2,1-2H3,(H,18,19)/b16-12-. The Morgan fingerprint density at radius 2 is 2.14 bits per heavy atom. The van der Waals surface area contributed by atoms with Crippen LogP contribution in [0.1, 0.15) is 29.5 Å². The van der Waals surface area contributed by atoms with E-state index in [4.69, 9.17) is 14.7 Å². The van der Waals surface area contributed by atoms with Crippen LogP contribution in [-0.2, 0) is 9.57 Å². The van der Waals surface area contributed by atoms with Crippen LogP contribution in [0.2, 0.25) is 0 Å². The number of ether oxygens (including phenoxy) is 1. The number of carbonyl (C=O) groups is 1. The summed E-state index contributed by atoms with van der Waals surface area (Å²) in [4.78, 5) is 19.9. The summed E-state index contributed by atoms with van der Waals surface area (Å²) in [6, 6.07) is 4.10. The summed E-state index contributed by atoms with van der Waals surface area (Å²) in [6.07, 6.45) is 0.742. The zero-order valence-electron chi connectivity index (χ0n) is 12.9. The summed E-state index contributed by atoms with van der Waals surface area (Å²) < 4.78 is 5.69. The molecule has 1 aliphatic heterocycles. The van der Waals surface area contributed by atoms with E-state index in [0.717, 1.165) is 23.4 Å². The number of likely N-dealkylation sites (tertiary alicyclic amines) is 1. The van der Waals surface area contributed by atoms with E-state index >= 15 is 0 Å². The molecule has 1 amide bonds. The third-order valence-electron chi connectivity index (χ3n) is 3.54. The Labute approximate surface area is 134 Å². The van der Waals surface area contributed by atoms with Crippen molar-refractivity contribution in [2.24, 2.45) is 5.16 Å². The lowest BCUT2D eigenvalue weighted by atomic mass is 10.1. The maximum Gasteiger partial charge on any atom is 0.407 e. The molecule has 1 saturated heterocycles. The van der Waals surface area contributed by atoms with Crippen molar-refractivity contribution in [3.63, 3.8) is 0 Å². The first-order chi connectivity index (χ1) is 10.6. The summed E-state index contributed by atoms with van der Waals surface area (Å²) in [6.45, 7) is 5.93. The van der Waals surface area contributed by atoms with E-state index in [-0.39, 0.29) is 6.10 Å². The van der Waals surface area contributed by atoms with Crippen LogP contribution in [0.5, 0.6) is 0 Å². The van der Waals surface area contributed by atoms with Gasteiger partial charge in [-0.2, -0.15) is 0 Å². The molecule has 0 saturated carbocycles. The van der Waals surface area contributed by atoms with Gasteiger partial charge in [-0.05, 0) is 38.8 Å². The SMILES string of the molecule is C/C(=N/OCCOC1CCN(C(=O)O)CC1)c1ccc(C)s1. The highest BCUT2D eigenvalue weighted by Gasteiger charge is 2.22. The molecule has 0 atom stereocenters. The lowest BCUT2D eigenvalue weighted by molar-refractivity contribution is -0.0192. The molecule has 2 heterocycles. The first-order valence-corrected chi connectivity index (χ1v) is 8.20. The van der Waals surface area contributed by atoms with E-state index in [9.17, 15) is 4.79 Å². The molecule has 122 valence electrons. The Kier molecular flexibility index (Phi) is 6.21. The number of nitrogens with zero attached hydrogens (tertiary/aromatic N) is 2. The molecule has 1 aromatic heterocycles. The largest absolute Gasteiger partial charge is 0.465 e. The Balaban J connectivity index is 1.61. The predicted octanol–water partition coefficient (Wildman–Crippen LogP) is 2.96. The van der Waals surface area contributed by atoms with Crippen LogP contribution in [0.3, 0.4) is 0 Å². The number of thiophene rings is 1. The van der Waals surface area contributed by atoms with Gasteiger partial charge in [-0.15, -0.1) is 11.3 Å². The molecule has 0 radical (unpaired) electrons. The fraction of sp³-hybridized carbons (Fsp3) is 0.600. The van der Waals surface area contributed by atoms with Crippen molar-refractivity contribution < 1.29 is 19.5 Å². The maximum atomic E-state index is 10.8. The van der Waals surface area contributed by atoms with Gasteiger partial charge in [0, 0.05) is 18.0 Å². The lowest BCUT2D eigenvalue weighted by Crippen LogP contribution is -2.40. The van der Waals surface area contributed by atoms with Gasteiger partial charge in [-0.1, -0.05) is 5.16 Å². The van der Waals surface area contributed by atoms with Crippen molar-refractivity contribution in [3.05, 3.63) is 21.9 Å². The second kappa shape index (κ2) is 8.14. The van der Waals surface area contributed by atoms with Crippen molar-refractivity contribution in [1.29, 1.82) is 0 Å². The average Bonchev–Trinajstić information content (AvgIpc) is 2.94. The third-order valence-corrected chi connectivity index (χ3v) is 4.65. The molecular weight excluding hydrogens is 304 g/mol. The molecule has 2 rings (SSSR count). The molecule has 6 nitrogen and oxygen atoms in total. The maximum absolute atomic E-state index is 10.8. The molecule has 0 spiro atoms. The summed E-state index contributed by atoms with van der Waals surface area (Å²) in [5.74, 6) is 0. The molecule has 1 N–H and O–H groups in total. The number of hydrogen-bond donors (Lipinski definition) is 1. The Morgan fingerprint density at radius 1 is 1.41 bits per heavy atom. The minimum absolute atomic E-state index is 0.115. The second-order valence-electron chi connectivity index (χ2n) is 5.26. The van der Waals surface area contributed by atoms with Gasteiger partial charge in [-0.3, -0.25) is 0 Å². The number of carboxylic acid groups (broad SMARTS) is 1. The number of amides is 1. The van der Waals surface area contributed by atoms with E-state index in [2.05, 4.69) is 18.1 Å². The molecule has 1 fully saturated rings. The first kappa shape index (κ1) is 16.8. The second-order valence-corrected chi connectivity index (χ2v) is 6.55. The van der Waals surface area contributed by atoms with Crippen molar-refractivity contribution in [2.45, 2.75) is 32.8 Å². The molecule has 0 bridgehead atoms. The third kappa shape index (κ3) is 4.99. The molecule has 0 unspecified atom stereocenters. The summed E-state index contributed by atoms with van der Waals surface area (Å²) in [5, 5.41) is 13.0. The molecule has 0 aromatic carbocycles. The lowest BCUT2D eigenvalue weighted by Gasteiger charge is -2.29. The Hall–Kier alpha value is -1.60. The zero-order valence-corrected chi connectivity index (χ0v) is 13.8. The van der Waals surface area contributed by atoms with Gasteiger partial charge in [0.2, 0.25) is 0 Å². The summed E-state index contributed by atoms with van der Waals surface area (Å²) in [5.41, 5.74) is 0.868. The van der Waals surface area contributed by atoms with Crippen LogP contribution in [-0.4, -0.2) is 54.2 Å². The fourth-order valence-corrected chi connectivity index (χ4v) is 3.09. The summed E-state index contributed by atoms with van der Waals surface area (Å²) in [7, 11) is 0. The minimum Gasteiger partial charge on any atom is -0.465 e. The van der Waals surface area contributed by atoms with Crippen LogP contribution in [0.15, 0.2) is 17.3 Å². The van der Waals surface area contributed by atoms with Gasteiger partial charge in [0.05, 0.1) is 23.3 Å². The smallest absolute Gasteiger partial charge is 0.407 e. The van der Waals surface area contributed by atoms with Gasteiger partial charge < -0.3 is 19.6 Å². The van der Waals surface area contributed by atoms with Crippen LogP contribution < -0.4 is 0 Å². The number of piperidine rings is 1. The van der Waals surface area contributed by atoms with Crippen molar-refractivity contribution in [3.8, 4) is 0 Å². The zero-order chi connectivity index (χ0) is 15.9. The molecule has 1 aliphatic rings. The van der Waals surface area contributed by atoms with E-state index in [0.29, 0.717) is 26.3 Å². The molecule has 0 aliphatic carbocycles. The molecular formula is C15H22N2O4S. The van der Waals surface area contributed by atoms with Gasteiger partial charge in [0.1, 0.15) is 6.61 Å². The van der Waals surface area contributed by atoms with Crippen LogP contribution in [0, 0.1) is 6.92 Å². The van der Waals surface area contributed by atoms with Crippen molar-refractivity contribution in [2.75, 3.05) is 26.3 Å². The minimum atomic E-state index is -0.851. The molecule has 7 heteroatoms.